The first-order valence-corrected chi connectivity index (χ1v) is 12.6. The van der Waals surface area contributed by atoms with Crippen LogP contribution in [-0.4, -0.2) is 36.3 Å². The lowest BCUT2D eigenvalue weighted by atomic mass is 10.1. The van der Waals surface area contributed by atoms with E-state index in [4.69, 9.17) is 14.2 Å². The van der Waals surface area contributed by atoms with Gasteiger partial charge >= 0.3 is 0 Å². The molecule has 1 heterocycles. The van der Waals surface area contributed by atoms with Gasteiger partial charge in [0.2, 0.25) is 0 Å². The Morgan fingerprint density at radius 2 is 1.49 bits per heavy atom. The fraction of sp³-hybridized carbons (Fsp3) is 0.133. The number of methoxy groups -OCH3 is 1. The van der Waals surface area contributed by atoms with E-state index in [0.29, 0.717) is 28.8 Å². The van der Waals surface area contributed by atoms with Crippen molar-refractivity contribution in [2.45, 2.75) is 6.61 Å². The molecule has 2 amide bonds. The lowest BCUT2D eigenvalue weighted by Gasteiger charge is -2.14. The number of fused-ring (bicyclic) bond motifs is 1. The summed E-state index contributed by atoms with van der Waals surface area (Å²) in [6.45, 7) is 0.689. The zero-order valence-corrected chi connectivity index (χ0v) is 21.1. The largest absolute Gasteiger partial charge is 0.493 e. The lowest BCUT2D eigenvalue weighted by Crippen LogP contribution is -2.32. The van der Waals surface area contributed by atoms with E-state index in [1.165, 1.54) is 10.3 Å². The van der Waals surface area contributed by atoms with Crippen LogP contribution in [0.5, 0.6) is 17.2 Å². The monoisotopic (exact) mass is 511 g/mol. The number of carbonyl (C=O) groups excluding carboxylic acids is 2. The third-order valence-corrected chi connectivity index (χ3v) is 6.84. The zero-order valence-electron chi connectivity index (χ0n) is 20.3. The number of ether oxygens (including phenoxy) is 3. The first-order chi connectivity index (χ1) is 18.1. The fourth-order valence-corrected chi connectivity index (χ4v) is 4.90. The van der Waals surface area contributed by atoms with Crippen LogP contribution in [0.3, 0.4) is 0 Å². The maximum absolute atomic E-state index is 13.0. The number of imide groups is 1. The fourth-order valence-electron chi connectivity index (χ4n) is 4.04. The SMILES string of the molecule is COc1ccccc1OCCN1C(=O)S/C(=C\c2ccccc2OCc2ccc3ccccc3c2)C1=O. The molecule has 37 heavy (non-hydrogen) atoms. The summed E-state index contributed by atoms with van der Waals surface area (Å²) in [6.07, 6.45) is 1.71. The van der Waals surface area contributed by atoms with Crippen molar-refractivity contribution in [2.75, 3.05) is 20.3 Å². The minimum absolute atomic E-state index is 0.139. The molecule has 5 rings (SSSR count). The number of rotatable bonds is 9. The maximum atomic E-state index is 13.0. The van der Waals surface area contributed by atoms with Crippen molar-refractivity contribution in [3.05, 3.63) is 107 Å². The van der Waals surface area contributed by atoms with Gasteiger partial charge in [-0.2, -0.15) is 0 Å². The zero-order chi connectivity index (χ0) is 25.6. The average molecular weight is 512 g/mol. The maximum Gasteiger partial charge on any atom is 0.293 e. The van der Waals surface area contributed by atoms with Crippen molar-refractivity contribution in [2.24, 2.45) is 0 Å². The standard InChI is InChI=1S/C30H25NO5S/c1-34-26-12-6-7-13-27(26)35-17-16-31-29(32)28(37-30(31)33)19-24-10-4-5-11-25(24)36-20-21-14-15-22-8-2-3-9-23(22)18-21/h2-15,18-19H,16-17,20H2,1H3/b28-19-. The van der Waals surface area contributed by atoms with E-state index >= 15 is 0 Å². The molecule has 1 aliphatic rings. The minimum atomic E-state index is -0.344. The molecular weight excluding hydrogens is 486 g/mol. The van der Waals surface area contributed by atoms with Crippen LogP contribution in [0.15, 0.2) is 95.9 Å². The third-order valence-electron chi connectivity index (χ3n) is 5.93. The van der Waals surface area contributed by atoms with Gasteiger partial charge in [0.05, 0.1) is 18.6 Å². The Balaban J connectivity index is 1.25. The number of amides is 2. The highest BCUT2D eigenvalue weighted by Gasteiger charge is 2.35. The molecule has 1 aliphatic heterocycles. The van der Waals surface area contributed by atoms with Crippen molar-refractivity contribution < 1.29 is 23.8 Å². The van der Waals surface area contributed by atoms with Crippen LogP contribution in [0.25, 0.3) is 16.8 Å². The molecule has 4 aromatic carbocycles. The van der Waals surface area contributed by atoms with Crippen molar-refractivity contribution in [3.63, 3.8) is 0 Å². The number of thioether (sulfide) groups is 1. The second-order valence-electron chi connectivity index (χ2n) is 8.34. The molecule has 0 bridgehead atoms. The summed E-state index contributed by atoms with van der Waals surface area (Å²) < 4.78 is 17.1. The van der Waals surface area contributed by atoms with Crippen molar-refractivity contribution in [3.8, 4) is 17.2 Å². The third kappa shape index (κ3) is 5.62. The summed E-state index contributed by atoms with van der Waals surface area (Å²) in [4.78, 5) is 27.1. The van der Waals surface area contributed by atoms with Crippen molar-refractivity contribution in [1.29, 1.82) is 0 Å². The average Bonchev–Trinajstić information content (AvgIpc) is 3.20. The van der Waals surface area contributed by atoms with Gasteiger partial charge in [-0.1, -0.05) is 66.7 Å². The van der Waals surface area contributed by atoms with Crippen molar-refractivity contribution >= 4 is 39.8 Å². The summed E-state index contributed by atoms with van der Waals surface area (Å²) in [5.74, 6) is 1.45. The number of nitrogens with zero attached hydrogens (tertiary/aromatic N) is 1. The second kappa shape index (κ2) is 11.2. The number of hydrogen-bond donors (Lipinski definition) is 0. The van der Waals surface area contributed by atoms with E-state index in [2.05, 4.69) is 24.3 Å². The van der Waals surface area contributed by atoms with Crippen LogP contribution in [0.4, 0.5) is 4.79 Å². The van der Waals surface area contributed by atoms with Gasteiger partial charge in [-0.15, -0.1) is 0 Å². The first kappa shape index (κ1) is 24.5. The molecule has 0 saturated carbocycles. The normalized spacial score (nSPS) is 14.4. The van der Waals surface area contributed by atoms with Gasteiger partial charge in [0.25, 0.3) is 11.1 Å². The van der Waals surface area contributed by atoms with E-state index in [9.17, 15) is 9.59 Å². The number of para-hydroxylation sites is 3. The Morgan fingerprint density at radius 1 is 0.784 bits per heavy atom. The highest BCUT2D eigenvalue weighted by Crippen LogP contribution is 2.34. The molecule has 4 aromatic rings. The number of hydrogen-bond acceptors (Lipinski definition) is 6. The summed E-state index contributed by atoms with van der Waals surface area (Å²) in [5, 5.41) is 2.00. The highest BCUT2D eigenvalue weighted by molar-refractivity contribution is 8.18. The molecule has 0 aliphatic carbocycles. The molecule has 6 nitrogen and oxygen atoms in total. The van der Waals surface area contributed by atoms with Crippen molar-refractivity contribution in [1.82, 2.24) is 4.90 Å². The topological polar surface area (TPSA) is 65.1 Å². The number of benzene rings is 4. The van der Waals surface area contributed by atoms with Gasteiger partial charge in [0.15, 0.2) is 11.5 Å². The molecule has 0 spiro atoms. The van der Waals surface area contributed by atoms with Gasteiger partial charge in [-0.05, 0) is 58.4 Å². The number of carbonyl (C=O) groups is 2. The molecule has 0 atom stereocenters. The molecule has 0 unspecified atom stereocenters. The molecule has 0 N–H and O–H groups in total. The van der Waals surface area contributed by atoms with E-state index in [1.807, 2.05) is 54.6 Å². The van der Waals surface area contributed by atoms with Crippen LogP contribution >= 0.6 is 11.8 Å². The van der Waals surface area contributed by atoms with Gasteiger partial charge in [0.1, 0.15) is 19.0 Å². The van der Waals surface area contributed by atoms with Gasteiger partial charge in [0, 0.05) is 5.56 Å². The second-order valence-corrected chi connectivity index (χ2v) is 9.33. The Bertz CT molecular complexity index is 1480. The molecule has 0 radical (unpaired) electrons. The Hall–Kier alpha value is -4.23. The minimum Gasteiger partial charge on any atom is -0.493 e. The summed E-state index contributed by atoms with van der Waals surface area (Å²) in [6, 6.07) is 29.1. The quantitative estimate of drug-likeness (QED) is 0.238. The summed E-state index contributed by atoms with van der Waals surface area (Å²) >= 11 is 0.918. The first-order valence-electron chi connectivity index (χ1n) is 11.8. The lowest BCUT2D eigenvalue weighted by molar-refractivity contribution is -0.123. The van der Waals surface area contributed by atoms with Gasteiger partial charge in [-0.25, -0.2) is 0 Å². The predicted molar refractivity (Wildman–Crippen MR) is 146 cm³/mol. The summed E-state index contributed by atoms with van der Waals surface area (Å²) in [5.41, 5.74) is 1.78. The van der Waals surface area contributed by atoms with E-state index < -0.39 is 0 Å². The van der Waals surface area contributed by atoms with Crippen LogP contribution in [0.1, 0.15) is 11.1 Å². The Labute approximate surface area is 219 Å². The van der Waals surface area contributed by atoms with Crippen LogP contribution in [0.2, 0.25) is 0 Å². The smallest absolute Gasteiger partial charge is 0.293 e. The van der Waals surface area contributed by atoms with Gasteiger partial charge < -0.3 is 14.2 Å². The predicted octanol–water partition coefficient (Wildman–Crippen LogP) is 6.54. The van der Waals surface area contributed by atoms with E-state index in [1.54, 1.807) is 25.3 Å². The van der Waals surface area contributed by atoms with Crippen LogP contribution in [-0.2, 0) is 11.4 Å². The Morgan fingerprint density at radius 3 is 2.30 bits per heavy atom. The molecule has 0 aromatic heterocycles. The van der Waals surface area contributed by atoms with E-state index in [0.717, 1.165) is 28.3 Å². The molecule has 1 saturated heterocycles. The van der Waals surface area contributed by atoms with Gasteiger partial charge in [-0.3, -0.25) is 14.5 Å². The highest BCUT2D eigenvalue weighted by atomic mass is 32.2. The molecule has 1 fully saturated rings. The Kier molecular flexibility index (Phi) is 7.42. The van der Waals surface area contributed by atoms with E-state index in [-0.39, 0.29) is 24.3 Å². The van der Waals surface area contributed by atoms with Crippen LogP contribution < -0.4 is 14.2 Å². The molecule has 186 valence electrons. The molecule has 7 heteroatoms. The molecular formula is C30H25NO5S. The summed E-state index contributed by atoms with van der Waals surface area (Å²) in [7, 11) is 1.56. The van der Waals surface area contributed by atoms with Crippen LogP contribution in [0, 0.1) is 0 Å².